The standard InChI is InChI=1S/C15H16ClF2NO3/c1-22-14(21)15(5-3-2-4-6-15)19-13(20)9-7-11(17)12(18)8-10(9)16/h7-8H,2-6H2,1H3,(H,19,20). The molecule has 0 aliphatic heterocycles. The number of esters is 1. The number of carbonyl (C=O) groups is 2. The van der Waals surface area contributed by atoms with Crippen molar-refractivity contribution >= 4 is 23.5 Å². The van der Waals surface area contributed by atoms with Crippen molar-refractivity contribution in [1.82, 2.24) is 5.32 Å². The number of methoxy groups -OCH3 is 1. The van der Waals surface area contributed by atoms with E-state index in [1.165, 1.54) is 7.11 Å². The summed E-state index contributed by atoms with van der Waals surface area (Å²) in [6.07, 6.45) is 3.36. The Labute approximate surface area is 131 Å². The number of halogens is 3. The molecule has 7 heteroatoms. The van der Waals surface area contributed by atoms with E-state index >= 15 is 0 Å². The highest BCUT2D eigenvalue weighted by atomic mass is 35.5. The highest BCUT2D eigenvalue weighted by Gasteiger charge is 2.42. The molecule has 1 saturated carbocycles. The van der Waals surface area contributed by atoms with E-state index in [9.17, 15) is 18.4 Å². The molecule has 1 fully saturated rings. The Hall–Kier alpha value is -1.69. The van der Waals surface area contributed by atoms with Crippen molar-refractivity contribution in [1.29, 1.82) is 0 Å². The molecule has 0 saturated heterocycles. The molecule has 2 rings (SSSR count). The fourth-order valence-electron chi connectivity index (χ4n) is 2.71. The Morgan fingerprint density at radius 2 is 1.77 bits per heavy atom. The lowest BCUT2D eigenvalue weighted by Crippen LogP contribution is -2.56. The Morgan fingerprint density at radius 1 is 1.18 bits per heavy atom. The summed E-state index contributed by atoms with van der Waals surface area (Å²) in [5.41, 5.74) is -1.35. The zero-order valence-corrected chi connectivity index (χ0v) is 12.8. The quantitative estimate of drug-likeness (QED) is 0.683. The number of rotatable bonds is 3. The van der Waals surface area contributed by atoms with Crippen molar-refractivity contribution in [2.75, 3.05) is 7.11 Å². The van der Waals surface area contributed by atoms with Crippen molar-refractivity contribution < 1.29 is 23.1 Å². The maximum Gasteiger partial charge on any atom is 0.331 e. The molecule has 0 radical (unpaired) electrons. The SMILES string of the molecule is COC(=O)C1(NC(=O)c2cc(F)c(F)cc2Cl)CCCCC1. The minimum atomic E-state index is -1.18. The van der Waals surface area contributed by atoms with Crippen LogP contribution in [0.25, 0.3) is 0 Å². The van der Waals surface area contributed by atoms with Gasteiger partial charge in [0.25, 0.3) is 5.91 Å². The molecule has 1 aliphatic carbocycles. The van der Waals surface area contributed by atoms with E-state index in [2.05, 4.69) is 5.32 Å². The molecule has 0 aromatic heterocycles. The first kappa shape index (κ1) is 16.7. The van der Waals surface area contributed by atoms with Crippen LogP contribution in [0.15, 0.2) is 12.1 Å². The van der Waals surface area contributed by atoms with E-state index in [-0.39, 0.29) is 10.6 Å². The van der Waals surface area contributed by atoms with Crippen LogP contribution in [0.3, 0.4) is 0 Å². The second kappa shape index (κ2) is 6.60. The van der Waals surface area contributed by atoms with E-state index in [0.717, 1.165) is 31.4 Å². The second-order valence-corrected chi connectivity index (χ2v) is 5.74. The minimum Gasteiger partial charge on any atom is -0.467 e. The van der Waals surface area contributed by atoms with Gasteiger partial charge in [-0.05, 0) is 25.0 Å². The molecule has 120 valence electrons. The summed E-state index contributed by atoms with van der Waals surface area (Å²) >= 11 is 5.79. The molecule has 0 spiro atoms. The molecular formula is C15H16ClF2NO3. The van der Waals surface area contributed by atoms with Gasteiger partial charge in [-0.2, -0.15) is 0 Å². The van der Waals surface area contributed by atoms with Gasteiger partial charge in [0, 0.05) is 0 Å². The number of benzene rings is 1. The predicted octanol–water partition coefficient (Wildman–Crippen LogP) is 3.22. The number of hydrogen-bond donors (Lipinski definition) is 1. The third-order valence-corrected chi connectivity index (χ3v) is 4.20. The van der Waals surface area contributed by atoms with Crippen LogP contribution < -0.4 is 5.32 Å². The minimum absolute atomic E-state index is 0.214. The van der Waals surface area contributed by atoms with Crippen molar-refractivity contribution in [3.8, 4) is 0 Å². The van der Waals surface area contributed by atoms with Gasteiger partial charge in [-0.25, -0.2) is 13.6 Å². The number of hydrogen-bond acceptors (Lipinski definition) is 3. The summed E-state index contributed by atoms with van der Waals surface area (Å²) in [4.78, 5) is 24.4. The van der Waals surface area contributed by atoms with Crippen LogP contribution in [0.4, 0.5) is 8.78 Å². The molecule has 1 amide bonds. The molecule has 4 nitrogen and oxygen atoms in total. The van der Waals surface area contributed by atoms with Crippen LogP contribution in [0.2, 0.25) is 5.02 Å². The zero-order chi connectivity index (χ0) is 16.3. The van der Waals surface area contributed by atoms with Crippen molar-refractivity contribution in [3.05, 3.63) is 34.4 Å². The van der Waals surface area contributed by atoms with Gasteiger partial charge in [-0.3, -0.25) is 4.79 Å². The Balaban J connectivity index is 2.29. The lowest BCUT2D eigenvalue weighted by Gasteiger charge is -2.35. The Kier molecular flexibility index (Phi) is 5.01. The van der Waals surface area contributed by atoms with E-state index in [0.29, 0.717) is 12.8 Å². The Bertz CT molecular complexity index is 601. The van der Waals surface area contributed by atoms with Crippen molar-refractivity contribution in [2.24, 2.45) is 0 Å². The van der Waals surface area contributed by atoms with E-state index in [1.54, 1.807) is 0 Å². The van der Waals surface area contributed by atoms with Gasteiger partial charge >= 0.3 is 5.97 Å². The molecule has 1 aromatic rings. The molecule has 0 bridgehead atoms. The molecule has 0 heterocycles. The maximum absolute atomic E-state index is 13.3. The number of carbonyl (C=O) groups excluding carboxylic acids is 2. The zero-order valence-electron chi connectivity index (χ0n) is 12.0. The molecule has 0 atom stereocenters. The van der Waals surface area contributed by atoms with Gasteiger partial charge in [-0.15, -0.1) is 0 Å². The maximum atomic E-state index is 13.3. The molecular weight excluding hydrogens is 316 g/mol. The topological polar surface area (TPSA) is 55.4 Å². The first-order valence-electron chi connectivity index (χ1n) is 6.95. The van der Waals surface area contributed by atoms with Crippen LogP contribution in [0.1, 0.15) is 42.5 Å². The third-order valence-electron chi connectivity index (χ3n) is 3.89. The van der Waals surface area contributed by atoms with Crippen molar-refractivity contribution in [3.63, 3.8) is 0 Å². The van der Waals surface area contributed by atoms with Crippen LogP contribution >= 0.6 is 11.6 Å². The fourth-order valence-corrected chi connectivity index (χ4v) is 2.95. The van der Waals surface area contributed by atoms with Gasteiger partial charge in [0.1, 0.15) is 5.54 Å². The average molecular weight is 332 g/mol. The van der Waals surface area contributed by atoms with Gasteiger partial charge in [0.2, 0.25) is 0 Å². The third kappa shape index (κ3) is 3.21. The van der Waals surface area contributed by atoms with Crippen molar-refractivity contribution in [2.45, 2.75) is 37.6 Å². The van der Waals surface area contributed by atoms with E-state index in [1.807, 2.05) is 0 Å². The van der Waals surface area contributed by atoms with Gasteiger partial charge in [-0.1, -0.05) is 30.9 Å². The van der Waals surface area contributed by atoms with Gasteiger partial charge in [0.15, 0.2) is 11.6 Å². The lowest BCUT2D eigenvalue weighted by atomic mass is 9.81. The van der Waals surface area contributed by atoms with E-state index in [4.69, 9.17) is 16.3 Å². The average Bonchev–Trinajstić information content (AvgIpc) is 2.50. The van der Waals surface area contributed by atoms with E-state index < -0.39 is 29.0 Å². The second-order valence-electron chi connectivity index (χ2n) is 5.33. The van der Waals surface area contributed by atoms with Crippen LogP contribution in [-0.2, 0) is 9.53 Å². The molecule has 1 aliphatic rings. The molecule has 22 heavy (non-hydrogen) atoms. The predicted molar refractivity (Wildman–Crippen MR) is 76.7 cm³/mol. The van der Waals surface area contributed by atoms with Crippen LogP contribution in [-0.4, -0.2) is 24.5 Å². The molecule has 0 unspecified atom stereocenters. The number of amides is 1. The number of nitrogens with one attached hydrogen (secondary N) is 1. The molecule has 1 N–H and O–H groups in total. The smallest absolute Gasteiger partial charge is 0.331 e. The first-order valence-corrected chi connectivity index (χ1v) is 7.33. The van der Waals surface area contributed by atoms with Crippen LogP contribution in [0.5, 0.6) is 0 Å². The highest BCUT2D eigenvalue weighted by Crippen LogP contribution is 2.30. The highest BCUT2D eigenvalue weighted by molar-refractivity contribution is 6.33. The largest absolute Gasteiger partial charge is 0.467 e. The summed E-state index contributed by atoms with van der Waals surface area (Å²) in [7, 11) is 1.25. The first-order chi connectivity index (χ1) is 10.4. The monoisotopic (exact) mass is 331 g/mol. The summed E-state index contributed by atoms with van der Waals surface area (Å²) in [6.45, 7) is 0. The Morgan fingerprint density at radius 3 is 2.36 bits per heavy atom. The summed E-state index contributed by atoms with van der Waals surface area (Å²) in [5, 5.41) is 2.38. The van der Waals surface area contributed by atoms with Gasteiger partial charge in [0.05, 0.1) is 17.7 Å². The molecule has 1 aromatic carbocycles. The fraction of sp³-hybridized carbons (Fsp3) is 0.467. The normalized spacial score (nSPS) is 16.9. The summed E-state index contributed by atoms with van der Waals surface area (Å²) in [6, 6.07) is 1.46. The van der Waals surface area contributed by atoms with Gasteiger partial charge < -0.3 is 10.1 Å². The lowest BCUT2D eigenvalue weighted by molar-refractivity contribution is -0.149. The number of ether oxygens (including phenoxy) is 1. The van der Waals surface area contributed by atoms with Crippen LogP contribution in [0, 0.1) is 11.6 Å². The summed E-state index contributed by atoms with van der Waals surface area (Å²) in [5.74, 6) is -3.58. The summed E-state index contributed by atoms with van der Waals surface area (Å²) < 4.78 is 31.2.